The molecule has 1 saturated carbocycles. The molecule has 0 saturated heterocycles. The number of aryl methyl sites for hydroxylation is 1. The Morgan fingerprint density at radius 2 is 1.94 bits per heavy atom. The zero-order valence-corrected chi connectivity index (χ0v) is 20.0. The summed E-state index contributed by atoms with van der Waals surface area (Å²) in [6.07, 6.45) is 7.86. The molecule has 0 radical (unpaired) electrons. The third kappa shape index (κ3) is 3.91. The molecule has 1 fully saturated rings. The molecule has 4 aromatic rings. The van der Waals surface area contributed by atoms with E-state index in [1.54, 1.807) is 49.1 Å². The molecule has 0 aliphatic heterocycles. The maximum atomic E-state index is 13.3. The first-order valence-electron chi connectivity index (χ1n) is 11.5. The van der Waals surface area contributed by atoms with Crippen LogP contribution in [0.25, 0.3) is 22.1 Å². The third-order valence-electron chi connectivity index (χ3n) is 6.35. The molecule has 9 nitrogen and oxygen atoms in total. The molecule has 3 heterocycles. The first kappa shape index (κ1) is 22.4. The Kier molecular flexibility index (Phi) is 5.76. The van der Waals surface area contributed by atoms with Crippen molar-refractivity contribution in [2.24, 2.45) is 0 Å². The predicted octanol–water partition coefficient (Wildman–Crippen LogP) is 4.16. The van der Waals surface area contributed by atoms with Crippen molar-refractivity contribution >= 4 is 38.2 Å². The monoisotopic (exact) mass is 481 g/mol. The molecule has 34 heavy (non-hydrogen) atoms. The molecule has 5 rings (SSSR count). The van der Waals surface area contributed by atoms with Crippen LogP contribution in [0.2, 0.25) is 0 Å². The average Bonchev–Trinajstić information content (AvgIpc) is 3.41. The van der Waals surface area contributed by atoms with E-state index in [0.29, 0.717) is 17.8 Å². The van der Waals surface area contributed by atoms with Crippen LogP contribution in [0, 0.1) is 6.92 Å². The van der Waals surface area contributed by atoms with E-state index in [1.165, 1.54) is 3.97 Å². The summed E-state index contributed by atoms with van der Waals surface area (Å²) in [7, 11) is -3.78. The molecule has 3 aromatic heterocycles. The Morgan fingerprint density at radius 1 is 1.18 bits per heavy atom. The largest absolute Gasteiger partial charge is 0.450 e. The summed E-state index contributed by atoms with van der Waals surface area (Å²) < 4.78 is 35.0. The summed E-state index contributed by atoms with van der Waals surface area (Å²) in [6.45, 7) is 4.39. The van der Waals surface area contributed by atoms with Crippen LogP contribution < -0.4 is 5.32 Å². The van der Waals surface area contributed by atoms with Gasteiger partial charge in [0.2, 0.25) is 0 Å². The van der Waals surface area contributed by atoms with Crippen molar-refractivity contribution in [3.63, 3.8) is 0 Å². The van der Waals surface area contributed by atoms with Crippen LogP contribution >= 0.6 is 0 Å². The number of nitrogens with one attached hydrogen (secondary N) is 1. The second-order valence-corrected chi connectivity index (χ2v) is 10.6. The van der Waals surface area contributed by atoms with Crippen LogP contribution in [-0.2, 0) is 14.8 Å². The van der Waals surface area contributed by atoms with Gasteiger partial charge in [0.05, 0.1) is 29.5 Å². The van der Waals surface area contributed by atoms with Gasteiger partial charge in [-0.25, -0.2) is 27.2 Å². The number of nitrogens with zero attached hydrogens (tertiary/aromatic N) is 4. The lowest BCUT2D eigenvalue weighted by molar-refractivity contribution is 0.127. The Hall–Kier alpha value is -3.40. The standard InChI is InChI=1S/C24H27N5O4S/c1-3-4-11-33-24(30)27-17-12-18(13-17)28-15-26-21-14-25-23-20(22(21)28)9-10-29(23)34(31,32)19-7-5-16(2)6-8-19/h5-10,14-15,17-18H,3-4,11-13H2,1-2H3,(H,27,30)/t17-,18+. The van der Waals surface area contributed by atoms with Crippen molar-refractivity contribution in [3.8, 4) is 0 Å². The second-order valence-electron chi connectivity index (χ2n) is 8.77. The Balaban J connectivity index is 1.40. The molecule has 0 bridgehead atoms. The summed E-state index contributed by atoms with van der Waals surface area (Å²) in [5.74, 6) is 0. The van der Waals surface area contributed by atoms with Gasteiger partial charge in [0.25, 0.3) is 10.0 Å². The van der Waals surface area contributed by atoms with E-state index < -0.39 is 10.0 Å². The first-order valence-corrected chi connectivity index (χ1v) is 12.9. The van der Waals surface area contributed by atoms with E-state index in [9.17, 15) is 13.2 Å². The van der Waals surface area contributed by atoms with Crippen LogP contribution in [-0.4, -0.2) is 45.7 Å². The zero-order valence-electron chi connectivity index (χ0n) is 19.1. The molecule has 0 unspecified atom stereocenters. The van der Waals surface area contributed by atoms with Gasteiger partial charge in [0, 0.05) is 23.7 Å². The molecule has 178 valence electrons. The average molecular weight is 482 g/mol. The van der Waals surface area contributed by atoms with Gasteiger partial charge in [0.15, 0.2) is 5.65 Å². The topological polar surface area (TPSA) is 108 Å². The molecule has 1 aliphatic carbocycles. The van der Waals surface area contributed by atoms with Crippen LogP contribution in [0.4, 0.5) is 4.79 Å². The maximum absolute atomic E-state index is 13.3. The number of rotatable bonds is 7. The highest BCUT2D eigenvalue weighted by Gasteiger charge is 2.33. The number of hydrogen-bond donors (Lipinski definition) is 1. The van der Waals surface area contributed by atoms with Gasteiger partial charge < -0.3 is 14.6 Å². The molecule has 10 heteroatoms. The molecule has 0 spiro atoms. The number of hydrogen-bond acceptors (Lipinski definition) is 6. The number of benzene rings is 1. The number of imidazole rings is 1. The van der Waals surface area contributed by atoms with E-state index in [4.69, 9.17) is 4.74 Å². The summed E-state index contributed by atoms with van der Waals surface area (Å²) in [4.78, 5) is 21.0. The zero-order chi connectivity index (χ0) is 23.9. The Morgan fingerprint density at radius 3 is 2.68 bits per heavy atom. The number of carbonyl (C=O) groups excluding carboxylic acids is 1. The van der Waals surface area contributed by atoms with E-state index in [2.05, 4.69) is 19.9 Å². The summed E-state index contributed by atoms with van der Waals surface area (Å²) in [5, 5.41) is 3.63. The van der Waals surface area contributed by atoms with Crippen molar-refractivity contribution in [2.75, 3.05) is 6.61 Å². The number of alkyl carbamates (subject to hydrolysis) is 1. The Bertz CT molecular complexity index is 1450. The molecule has 1 aliphatic rings. The van der Waals surface area contributed by atoms with E-state index in [-0.39, 0.29) is 23.1 Å². The fraction of sp³-hybridized carbons (Fsp3) is 0.375. The summed E-state index contributed by atoms with van der Waals surface area (Å²) >= 11 is 0. The van der Waals surface area contributed by atoms with Crippen molar-refractivity contribution in [2.45, 2.75) is 56.5 Å². The number of pyridine rings is 1. The number of amides is 1. The second kappa shape index (κ2) is 8.75. The fourth-order valence-corrected chi connectivity index (χ4v) is 5.63. The van der Waals surface area contributed by atoms with Gasteiger partial charge in [0.1, 0.15) is 5.52 Å². The highest BCUT2D eigenvalue weighted by molar-refractivity contribution is 7.90. The molecule has 0 atom stereocenters. The van der Waals surface area contributed by atoms with Crippen LogP contribution in [0.15, 0.2) is 53.9 Å². The van der Waals surface area contributed by atoms with Gasteiger partial charge in [-0.05, 0) is 44.4 Å². The van der Waals surface area contributed by atoms with Crippen LogP contribution in [0.3, 0.4) is 0 Å². The van der Waals surface area contributed by atoms with Gasteiger partial charge in [-0.1, -0.05) is 31.0 Å². The Labute approximate surface area is 197 Å². The van der Waals surface area contributed by atoms with E-state index in [0.717, 1.165) is 42.1 Å². The van der Waals surface area contributed by atoms with E-state index >= 15 is 0 Å². The summed E-state index contributed by atoms with van der Waals surface area (Å²) in [6, 6.07) is 8.73. The van der Waals surface area contributed by atoms with Crippen molar-refractivity contribution < 1.29 is 17.9 Å². The minimum absolute atomic E-state index is 0.0421. The fourth-order valence-electron chi connectivity index (χ4n) is 4.33. The van der Waals surface area contributed by atoms with Gasteiger partial charge >= 0.3 is 6.09 Å². The molecule has 1 N–H and O–H groups in total. The third-order valence-corrected chi connectivity index (χ3v) is 8.03. The number of ether oxygens (including phenoxy) is 1. The number of fused-ring (bicyclic) bond motifs is 3. The number of aromatic nitrogens is 4. The van der Waals surface area contributed by atoms with Gasteiger partial charge in [-0.15, -0.1) is 0 Å². The van der Waals surface area contributed by atoms with Crippen LogP contribution in [0.1, 0.15) is 44.2 Å². The van der Waals surface area contributed by atoms with Gasteiger partial charge in [-0.3, -0.25) is 0 Å². The molecular formula is C24H27N5O4S. The molecular weight excluding hydrogens is 454 g/mol. The van der Waals surface area contributed by atoms with Crippen LogP contribution in [0.5, 0.6) is 0 Å². The lowest BCUT2D eigenvalue weighted by atomic mass is 9.86. The van der Waals surface area contributed by atoms with Crippen molar-refractivity contribution in [3.05, 3.63) is 54.6 Å². The highest BCUT2D eigenvalue weighted by atomic mass is 32.2. The maximum Gasteiger partial charge on any atom is 0.407 e. The molecule has 1 aromatic carbocycles. The van der Waals surface area contributed by atoms with Gasteiger partial charge in [-0.2, -0.15) is 0 Å². The normalized spacial score (nSPS) is 18.2. The summed E-state index contributed by atoms with van der Waals surface area (Å²) in [5.41, 5.74) is 2.90. The quantitative estimate of drug-likeness (QED) is 0.397. The minimum atomic E-state index is -3.78. The number of unbranched alkanes of at least 4 members (excludes halogenated alkanes) is 1. The smallest absolute Gasteiger partial charge is 0.407 e. The first-order chi connectivity index (χ1) is 16.4. The number of carbonyl (C=O) groups is 1. The predicted molar refractivity (Wildman–Crippen MR) is 128 cm³/mol. The van der Waals surface area contributed by atoms with Crippen molar-refractivity contribution in [1.82, 2.24) is 23.8 Å². The SMILES string of the molecule is CCCCOC(=O)N[C@H]1C[C@@H](n2cnc3cnc4c(ccn4S(=O)(=O)c4ccc(C)cc4)c32)C1. The van der Waals surface area contributed by atoms with E-state index in [1.807, 2.05) is 13.8 Å². The lowest BCUT2D eigenvalue weighted by Crippen LogP contribution is -2.45. The lowest BCUT2D eigenvalue weighted by Gasteiger charge is -2.36. The minimum Gasteiger partial charge on any atom is -0.450 e. The van der Waals surface area contributed by atoms with Crippen molar-refractivity contribution in [1.29, 1.82) is 0 Å². The molecule has 1 amide bonds. The highest BCUT2D eigenvalue weighted by Crippen LogP contribution is 2.37.